The third-order valence-electron chi connectivity index (χ3n) is 5.62. The normalized spacial score (nSPS) is 58.8. The van der Waals surface area contributed by atoms with Gasteiger partial charge in [0.2, 0.25) is 15.7 Å². The minimum Gasteiger partial charge on any atom is -0.251 e. The molecule has 2 bridgehead atoms. The molecule has 2 saturated heterocycles. The number of nitrogens with zero attached hydrogens (tertiary/aromatic N) is 1. The van der Waals surface area contributed by atoms with Crippen LogP contribution < -0.4 is 0 Å². The third kappa shape index (κ3) is 0.778. The first-order chi connectivity index (χ1) is 7.64. The second kappa shape index (κ2) is 2.40. The van der Waals surface area contributed by atoms with Crippen molar-refractivity contribution in [2.45, 2.75) is 36.7 Å². The minimum atomic E-state index is -3.36. The van der Waals surface area contributed by atoms with Crippen LogP contribution in [0, 0.1) is 16.7 Å². The first-order valence-electron chi connectivity index (χ1n) is 5.74. The second-order valence-corrected chi connectivity index (χ2v) is 9.41. The van der Waals surface area contributed by atoms with Gasteiger partial charge in [-0.2, -0.15) is 0 Å². The van der Waals surface area contributed by atoms with Crippen molar-refractivity contribution in [1.29, 1.82) is 0 Å². The van der Waals surface area contributed by atoms with E-state index in [1.807, 2.05) is 0 Å². The van der Waals surface area contributed by atoms with Gasteiger partial charge in [-0.15, -0.1) is 0 Å². The molecule has 2 aliphatic carbocycles. The predicted molar refractivity (Wildman–Crippen MR) is 62.8 cm³/mol. The zero-order valence-corrected chi connectivity index (χ0v) is 11.9. The van der Waals surface area contributed by atoms with Crippen LogP contribution >= 0.6 is 23.2 Å². The number of hydrogen-bond acceptors (Lipinski definition) is 3. The summed E-state index contributed by atoms with van der Waals surface area (Å²) in [5.41, 5.74) is -1.66. The number of alkyl halides is 2. The molecule has 0 aromatic carbocycles. The van der Waals surface area contributed by atoms with E-state index in [1.165, 1.54) is 0 Å². The summed E-state index contributed by atoms with van der Waals surface area (Å²) >= 11 is 13.0. The molecular formula is C10H13Cl2NO3S. The Hall–Kier alpha value is 0.450. The molecule has 0 amide bonds. The summed E-state index contributed by atoms with van der Waals surface area (Å²) in [6.45, 7) is 4.14. The molecule has 2 aliphatic heterocycles. The van der Waals surface area contributed by atoms with Crippen molar-refractivity contribution in [3.05, 3.63) is 0 Å². The van der Waals surface area contributed by atoms with Gasteiger partial charge in [0, 0.05) is 11.3 Å². The van der Waals surface area contributed by atoms with Crippen molar-refractivity contribution >= 4 is 33.2 Å². The van der Waals surface area contributed by atoms with Crippen molar-refractivity contribution in [3.8, 4) is 0 Å². The zero-order valence-electron chi connectivity index (χ0n) is 9.53. The molecule has 4 atom stereocenters. The predicted octanol–water partition coefficient (Wildman–Crippen LogP) is 1.88. The summed E-state index contributed by atoms with van der Waals surface area (Å²) in [5.74, 6) is 0.198. The summed E-state index contributed by atoms with van der Waals surface area (Å²) < 4.78 is 24.1. The zero-order chi connectivity index (χ0) is 12.5. The molecule has 0 aromatic rings. The Balaban J connectivity index is 2.05. The molecule has 2 heterocycles. The molecule has 0 aromatic heterocycles. The molecular weight excluding hydrogens is 285 g/mol. The van der Waals surface area contributed by atoms with Gasteiger partial charge in [-0.25, -0.2) is 8.42 Å². The lowest BCUT2D eigenvalue weighted by atomic mass is 9.68. The number of hydrogen-bond donors (Lipinski definition) is 0. The van der Waals surface area contributed by atoms with Crippen molar-refractivity contribution < 1.29 is 13.3 Å². The van der Waals surface area contributed by atoms with Gasteiger partial charge in [-0.05, 0) is 22.7 Å². The highest BCUT2D eigenvalue weighted by molar-refractivity contribution is 7.89. The second-order valence-electron chi connectivity index (χ2n) is 6.24. The summed E-state index contributed by atoms with van der Waals surface area (Å²) in [6.07, 6.45) is 1.69. The summed E-state index contributed by atoms with van der Waals surface area (Å²) in [5, 5.41) is 0. The average molecular weight is 298 g/mol. The molecule has 4 nitrogen and oxygen atoms in total. The van der Waals surface area contributed by atoms with E-state index in [2.05, 4.69) is 13.8 Å². The number of sulfonamides is 1. The Labute approximate surface area is 110 Å². The molecule has 2 saturated carbocycles. The monoisotopic (exact) mass is 297 g/mol. The lowest BCUT2D eigenvalue weighted by Gasteiger charge is -2.36. The maximum Gasteiger partial charge on any atom is 0.239 e. The molecule has 0 radical (unpaired) electrons. The van der Waals surface area contributed by atoms with E-state index in [9.17, 15) is 8.42 Å². The van der Waals surface area contributed by atoms with Crippen LogP contribution in [0.1, 0.15) is 26.7 Å². The van der Waals surface area contributed by atoms with E-state index < -0.39 is 25.5 Å². The van der Waals surface area contributed by atoms with Gasteiger partial charge in [-0.3, -0.25) is 4.84 Å². The van der Waals surface area contributed by atoms with Crippen LogP contribution in [0.2, 0.25) is 0 Å². The van der Waals surface area contributed by atoms with Crippen LogP contribution in [0.15, 0.2) is 0 Å². The Morgan fingerprint density at radius 3 is 2.53 bits per heavy atom. The number of hydroxylamine groups is 1. The van der Waals surface area contributed by atoms with E-state index in [1.54, 1.807) is 0 Å². The van der Waals surface area contributed by atoms with Crippen LogP contribution in [0.25, 0.3) is 0 Å². The molecule has 4 aliphatic rings. The van der Waals surface area contributed by atoms with E-state index >= 15 is 0 Å². The maximum absolute atomic E-state index is 12.1. The number of fused-ring (bicyclic) bond motifs is 1. The molecule has 0 N–H and O–H groups in total. The number of rotatable bonds is 0. The SMILES string of the molecule is CC1(C)[C@H]2CC[C@@]13CS(=O)(=O)N1O[C@@]13C2(Cl)Cl. The maximum atomic E-state index is 12.1. The fraction of sp³-hybridized carbons (Fsp3) is 1.00. The molecule has 2 spiro atoms. The molecule has 7 heteroatoms. The highest BCUT2D eigenvalue weighted by atomic mass is 35.5. The lowest BCUT2D eigenvalue weighted by Crippen LogP contribution is -2.48. The molecule has 96 valence electrons. The van der Waals surface area contributed by atoms with E-state index in [0.29, 0.717) is 0 Å². The smallest absolute Gasteiger partial charge is 0.239 e. The van der Waals surface area contributed by atoms with Crippen molar-refractivity contribution in [1.82, 2.24) is 4.47 Å². The highest BCUT2D eigenvalue weighted by Crippen LogP contribution is 2.85. The Kier molecular flexibility index (Phi) is 1.59. The van der Waals surface area contributed by atoms with E-state index in [-0.39, 0.29) is 17.1 Å². The topological polar surface area (TPSA) is 49.7 Å². The van der Waals surface area contributed by atoms with Crippen LogP contribution in [0.3, 0.4) is 0 Å². The van der Waals surface area contributed by atoms with Crippen molar-refractivity contribution in [3.63, 3.8) is 0 Å². The van der Waals surface area contributed by atoms with E-state index in [0.717, 1.165) is 17.3 Å². The molecule has 4 fully saturated rings. The number of halogens is 2. The standard InChI is InChI=1S/C10H13Cl2NO3S/c1-7(2)6-3-4-8(7)5-17(14,15)13-10(8,16-13)9(6,11)12/h6H,3-5H2,1-2H3/t6-,8-,10+,13?/m1/s1. The van der Waals surface area contributed by atoms with E-state index in [4.69, 9.17) is 28.0 Å². The quantitative estimate of drug-likeness (QED) is 0.507. The van der Waals surface area contributed by atoms with Crippen LogP contribution in [-0.4, -0.2) is 28.7 Å². The third-order valence-corrected chi connectivity index (χ3v) is 8.36. The fourth-order valence-electron chi connectivity index (χ4n) is 4.73. The van der Waals surface area contributed by atoms with Crippen LogP contribution in [-0.2, 0) is 14.9 Å². The average Bonchev–Trinajstić information content (AvgIpc) is 2.78. The summed E-state index contributed by atoms with van der Waals surface area (Å²) in [6, 6.07) is 0. The molecule has 4 rings (SSSR count). The first-order valence-corrected chi connectivity index (χ1v) is 8.10. The minimum absolute atomic E-state index is 0.0823. The van der Waals surface area contributed by atoms with Gasteiger partial charge in [0.1, 0.15) is 0 Å². The molecule has 1 unspecified atom stereocenters. The van der Waals surface area contributed by atoms with Crippen LogP contribution in [0.5, 0.6) is 0 Å². The Bertz CT molecular complexity index is 538. The summed E-state index contributed by atoms with van der Waals surface area (Å²) in [7, 11) is -3.36. The van der Waals surface area contributed by atoms with Gasteiger partial charge >= 0.3 is 0 Å². The Morgan fingerprint density at radius 1 is 1.35 bits per heavy atom. The summed E-state index contributed by atoms with van der Waals surface area (Å²) in [4.78, 5) is 5.44. The molecule has 17 heavy (non-hydrogen) atoms. The van der Waals surface area contributed by atoms with Crippen LogP contribution in [0.4, 0.5) is 0 Å². The largest absolute Gasteiger partial charge is 0.251 e. The van der Waals surface area contributed by atoms with Crippen molar-refractivity contribution in [2.75, 3.05) is 5.75 Å². The highest BCUT2D eigenvalue weighted by Gasteiger charge is 2.97. The lowest BCUT2D eigenvalue weighted by molar-refractivity contribution is 0.0704. The van der Waals surface area contributed by atoms with Gasteiger partial charge in [0.25, 0.3) is 0 Å². The van der Waals surface area contributed by atoms with Gasteiger partial charge in [0.15, 0.2) is 4.33 Å². The van der Waals surface area contributed by atoms with Gasteiger partial charge in [-0.1, -0.05) is 37.0 Å². The Morgan fingerprint density at radius 2 is 2.00 bits per heavy atom. The van der Waals surface area contributed by atoms with Gasteiger partial charge in [0.05, 0.1) is 5.75 Å². The van der Waals surface area contributed by atoms with Crippen molar-refractivity contribution in [2.24, 2.45) is 16.7 Å². The first kappa shape index (κ1) is 11.3. The fourth-order valence-corrected chi connectivity index (χ4v) is 8.56. The van der Waals surface area contributed by atoms with Gasteiger partial charge < -0.3 is 0 Å².